The maximum Gasteiger partial charge on any atom is 0.287 e. The predicted molar refractivity (Wildman–Crippen MR) is 119 cm³/mol. The highest BCUT2D eigenvalue weighted by molar-refractivity contribution is 8.14. The first-order valence-electron chi connectivity index (χ1n) is 10.2. The predicted octanol–water partition coefficient (Wildman–Crippen LogP) is 4.88. The second-order valence-electron chi connectivity index (χ2n) is 7.76. The minimum absolute atomic E-state index is 0.0998. The first-order chi connectivity index (χ1) is 14.9. The molecule has 5 nitrogen and oxygen atoms in total. The molecule has 1 heterocycles. The molecular weight excluding hydrogens is 417 g/mol. The van der Waals surface area contributed by atoms with Crippen molar-refractivity contribution in [2.45, 2.75) is 42.8 Å². The van der Waals surface area contributed by atoms with Crippen LogP contribution in [0, 0.1) is 5.82 Å². The van der Waals surface area contributed by atoms with Crippen LogP contribution in [0.25, 0.3) is 0 Å². The van der Waals surface area contributed by atoms with Crippen LogP contribution in [0.3, 0.4) is 0 Å². The zero-order valence-electron chi connectivity index (χ0n) is 16.8. The third kappa shape index (κ3) is 4.69. The van der Waals surface area contributed by atoms with Gasteiger partial charge in [0.05, 0.1) is 24.0 Å². The number of rotatable bonds is 6. The summed E-state index contributed by atoms with van der Waals surface area (Å²) in [6, 6.07) is 14.6. The van der Waals surface area contributed by atoms with Crippen molar-refractivity contribution in [1.29, 1.82) is 0 Å². The van der Waals surface area contributed by atoms with Gasteiger partial charge in [0.2, 0.25) is 0 Å². The van der Waals surface area contributed by atoms with E-state index in [0.717, 1.165) is 5.69 Å². The summed E-state index contributed by atoms with van der Waals surface area (Å²) in [5.41, 5.74) is 2.02. The molecule has 1 saturated heterocycles. The Kier molecular flexibility index (Phi) is 6.46. The van der Waals surface area contributed by atoms with Crippen LogP contribution in [-0.2, 0) is 0 Å². The maximum absolute atomic E-state index is 13.2. The quantitative estimate of drug-likeness (QED) is 0.595. The smallest absolute Gasteiger partial charge is 0.287 e. The second-order valence-corrected chi connectivity index (χ2v) is 8.95. The molecule has 1 aliphatic carbocycles. The number of para-hydroxylation sites is 1. The largest absolute Gasteiger partial charge is 0.512 e. The first kappa shape index (κ1) is 21.6. The molecule has 3 N–H and O–H groups in total. The maximum atomic E-state index is 13.2. The van der Waals surface area contributed by atoms with Crippen LogP contribution in [0.15, 0.2) is 78.1 Å². The van der Waals surface area contributed by atoms with Crippen LogP contribution in [0.2, 0.25) is 0 Å². The highest BCUT2D eigenvalue weighted by Gasteiger charge is 2.45. The first-order valence-corrected chi connectivity index (χ1v) is 11.1. The topological polar surface area (TPSA) is 81.0 Å². The SMILES string of the molecule is O=C1S[C@@H](CCC(O)c2ccc(F)cc2)[C@@H](C2=CC=C(O)CC2O)N1c1ccccc1. The fraction of sp³-hybridized carbons (Fsp3) is 0.292. The van der Waals surface area contributed by atoms with Crippen LogP contribution < -0.4 is 4.90 Å². The molecule has 1 aliphatic heterocycles. The van der Waals surface area contributed by atoms with E-state index in [4.69, 9.17) is 0 Å². The fourth-order valence-corrected chi connectivity index (χ4v) is 5.38. The number of nitrogens with zero attached hydrogens (tertiary/aromatic N) is 1. The monoisotopic (exact) mass is 441 g/mol. The number of amides is 1. The van der Waals surface area contributed by atoms with Gasteiger partial charge >= 0.3 is 0 Å². The molecule has 1 fully saturated rings. The third-order valence-corrected chi connectivity index (χ3v) is 6.88. The Morgan fingerprint density at radius 2 is 1.81 bits per heavy atom. The summed E-state index contributed by atoms with van der Waals surface area (Å²) in [6.07, 6.45) is 2.59. The van der Waals surface area contributed by atoms with E-state index >= 15 is 0 Å². The van der Waals surface area contributed by atoms with Crippen molar-refractivity contribution in [3.8, 4) is 0 Å². The minimum atomic E-state index is -0.891. The van der Waals surface area contributed by atoms with Gasteiger partial charge in [-0.25, -0.2) is 4.39 Å². The lowest BCUT2D eigenvalue weighted by Crippen LogP contribution is -2.42. The van der Waals surface area contributed by atoms with Crippen LogP contribution in [0.1, 0.15) is 30.9 Å². The number of hydrogen-bond acceptors (Lipinski definition) is 5. The fourth-order valence-electron chi connectivity index (χ4n) is 4.12. The Balaban J connectivity index is 1.59. The van der Waals surface area contributed by atoms with E-state index in [9.17, 15) is 24.5 Å². The summed E-state index contributed by atoms with van der Waals surface area (Å²) in [6.45, 7) is 0. The molecule has 0 aromatic heterocycles. The minimum Gasteiger partial charge on any atom is -0.512 e. The zero-order chi connectivity index (χ0) is 22.0. The lowest BCUT2D eigenvalue weighted by atomic mass is 9.89. The van der Waals surface area contributed by atoms with Gasteiger partial charge in [-0.05, 0) is 54.3 Å². The average Bonchev–Trinajstić information content (AvgIpc) is 3.09. The standard InChI is InChI=1S/C24H24FNO4S/c25-16-8-6-15(7-9-16)20(28)12-13-22-23(19-11-10-18(27)14-21(19)29)26(24(30)31-22)17-4-2-1-3-5-17/h1-11,20-23,27-29H,12-14H2/t20?,21?,22-,23+/m0/s1. The Bertz CT molecular complexity index is 992. The zero-order valence-corrected chi connectivity index (χ0v) is 17.6. The highest BCUT2D eigenvalue weighted by Crippen LogP contribution is 2.43. The molecule has 2 aromatic rings. The molecule has 0 spiro atoms. The van der Waals surface area contributed by atoms with E-state index in [1.165, 1.54) is 23.9 Å². The van der Waals surface area contributed by atoms with E-state index < -0.39 is 18.2 Å². The summed E-state index contributed by atoms with van der Waals surface area (Å²) >= 11 is 1.19. The molecule has 0 radical (unpaired) electrons. The number of halogens is 1. The Morgan fingerprint density at radius 3 is 2.48 bits per heavy atom. The van der Waals surface area contributed by atoms with Crippen molar-refractivity contribution in [2.75, 3.05) is 4.90 Å². The lowest BCUT2D eigenvalue weighted by molar-refractivity contribution is 0.162. The molecule has 31 heavy (non-hydrogen) atoms. The number of aliphatic hydroxyl groups is 3. The van der Waals surface area contributed by atoms with Crippen molar-refractivity contribution in [3.05, 3.63) is 89.5 Å². The van der Waals surface area contributed by atoms with Gasteiger partial charge in [0.1, 0.15) is 5.82 Å². The van der Waals surface area contributed by atoms with Gasteiger partial charge in [-0.3, -0.25) is 9.69 Å². The van der Waals surface area contributed by atoms with Gasteiger partial charge in [-0.15, -0.1) is 0 Å². The molecule has 7 heteroatoms. The van der Waals surface area contributed by atoms with Gasteiger partial charge in [-0.1, -0.05) is 48.2 Å². The Morgan fingerprint density at radius 1 is 1.10 bits per heavy atom. The van der Waals surface area contributed by atoms with Crippen LogP contribution in [-0.4, -0.2) is 38.0 Å². The Labute approximate surface area is 184 Å². The van der Waals surface area contributed by atoms with Gasteiger partial charge in [0, 0.05) is 17.4 Å². The van der Waals surface area contributed by atoms with Crippen molar-refractivity contribution in [2.24, 2.45) is 0 Å². The number of carbonyl (C=O) groups excluding carboxylic acids is 1. The molecule has 0 saturated carbocycles. The van der Waals surface area contributed by atoms with Crippen molar-refractivity contribution >= 4 is 22.7 Å². The number of carbonyl (C=O) groups is 1. The molecule has 162 valence electrons. The molecule has 2 aromatic carbocycles. The van der Waals surface area contributed by atoms with Crippen molar-refractivity contribution < 1.29 is 24.5 Å². The van der Waals surface area contributed by atoms with Crippen LogP contribution in [0.4, 0.5) is 14.9 Å². The number of allylic oxidation sites excluding steroid dienone is 2. The highest BCUT2D eigenvalue weighted by atomic mass is 32.2. The molecule has 0 bridgehead atoms. The summed E-state index contributed by atoms with van der Waals surface area (Å²) < 4.78 is 13.2. The van der Waals surface area contributed by atoms with Crippen LogP contribution in [0.5, 0.6) is 0 Å². The van der Waals surface area contributed by atoms with Gasteiger partial charge in [-0.2, -0.15) is 0 Å². The Hall–Kier alpha value is -2.61. The number of benzene rings is 2. The van der Waals surface area contributed by atoms with E-state index in [2.05, 4.69) is 0 Å². The van der Waals surface area contributed by atoms with Crippen molar-refractivity contribution in [3.63, 3.8) is 0 Å². The van der Waals surface area contributed by atoms with E-state index in [0.29, 0.717) is 24.0 Å². The van der Waals surface area contributed by atoms with E-state index in [-0.39, 0.29) is 28.5 Å². The molecule has 1 amide bonds. The van der Waals surface area contributed by atoms with Gasteiger partial charge in [0.25, 0.3) is 5.24 Å². The summed E-state index contributed by atoms with van der Waals surface area (Å²) in [5.74, 6) is -0.260. The van der Waals surface area contributed by atoms with Gasteiger partial charge < -0.3 is 15.3 Å². The number of hydrogen-bond donors (Lipinski definition) is 3. The summed E-state index contributed by atoms with van der Waals surface area (Å²) in [4.78, 5) is 14.7. The van der Waals surface area contributed by atoms with E-state index in [1.54, 1.807) is 29.2 Å². The molecule has 4 atom stereocenters. The number of aliphatic hydroxyl groups excluding tert-OH is 3. The normalized spacial score (nSPS) is 24.7. The summed E-state index contributed by atoms with van der Waals surface area (Å²) in [7, 11) is 0. The average molecular weight is 442 g/mol. The summed E-state index contributed by atoms with van der Waals surface area (Å²) in [5, 5.41) is 30.7. The van der Waals surface area contributed by atoms with E-state index in [1.807, 2.05) is 30.3 Å². The van der Waals surface area contributed by atoms with Crippen molar-refractivity contribution in [1.82, 2.24) is 0 Å². The number of anilines is 1. The third-order valence-electron chi connectivity index (χ3n) is 5.69. The molecule has 4 rings (SSSR count). The lowest BCUT2D eigenvalue weighted by Gasteiger charge is -2.33. The number of thioether (sulfide) groups is 1. The molecule has 2 unspecified atom stereocenters. The molecular formula is C24H24FNO4S. The molecule has 2 aliphatic rings. The van der Waals surface area contributed by atoms with Crippen LogP contribution >= 0.6 is 11.8 Å². The second kappa shape index (κ2) is 9.26. The van der Waals surface area contributed by atoms with Gasteiger partial charge in [0.15, 0.2) is 0 Å².